The van der Waals surface area contributed by atoms with Gasteiger partial charge in [-0.1, -0.05) is 23.7 Å². The second-order valence-corrected chi connectivity index (χ2v) is 5.07. The molecule has 2 aromatic rings. The lowest BCUT2D eigenvalue weighted by atomic mass is 10.3. The number of nitrogens with zero attached hydrogens (tertiary/aromatic N) is 4. The van der Waals surface area contributed by atoms with E-state index >= 15 is 0 Å². The number of aromatic nitrogens is 4. The molecule has 0 saturated heterocycles. The van der Waals surface area contributed by atoms with E-state index in [1.807, 2.05) is 29.5 Å². The maximum absolute atomic E-state index is 11.9. The Balaban J connectivity index is 2.23. The van der Waals surface area contributed by atoms with Crippen LogP contribution in [0.3, 0.4) is 0 Å². The summed E-state index contributed by atoms with van der Waals surface area (Å²) in [5.74, 6) is 1.04. The molecule has 0 aliphatic carbocycles. The molecular weight excluding hydrogens is 370 g/mol. The molecule has 2 heterocycles. The van der Waals surface area contributed by atoms with Crippen LogP contribution in [0.2, 0.25) is 5.15 Å². The lowest BCUT2D eigenvalue weighted by Gasteiger charge is -2.02. The van der Waals surface area contributed by atoms with Gasteiger partial charge in [0.25, 0.3) is 5.56 Å². The molecule has 0 radical (unpaired) electrons. The summed E-state index contributed by atoms with van der Waals surface area (Å²) in [6.07, 6.45) is 3.04. The highest BCUT2D eigenvalue weighted by atomic mass is 127. The van der Waals surface area contributed by atoms with E-state index in [0.717, 1.165) is 12.8 Å². The van der Waals surface area contributed by atoms with E-state index in [0.29, 0.717) is 15.3 Å². The summed E-state index contributed by atoms with van der Waals surface area (Å²) in [6.45, 7) is 2.26. The molecule has 0 atom stereocenters. The van der Waals surface area contributed by atoms with Crippen molar-refractivity contribution in [3.8, 4) is 0 Å². The van der Waals surface area contributed by atoms with Crippen LogP contribution in [-0.2, 0) is 13.0 Å². The third kappa shape index (κ3) is 2.89. The molecule has 18 heavy (non-hydrogen) atoms. The Hall–Kier alpha value is -0.960. The van der Waals surface area contributed by atoms with E-state index in [4.69, 9.17) is 16.1 Å². The van der Waals surface area contributed by atoms with Gasteiger partial charge in [0, 0.05) is 6.42 Å². The van der Waals surface area contributed by atoms with Crippen LogP contribution >= 0.6 is 34.2 Å². The smallest absolute Gasteiger partial charge is 0.268 e. The first-order valence-corrected chi connectivity index (χ1v) is 6.79. The van der Waals surface area contributed by atoms with Gasteiger partial charge in [0.1, 0.15) is 8.72 Å². The lowest BCUT2D eigenvalue weighted by molar-refractivity contribution is 0.370. The zero-order valence-corrected chi connectivity index (χ0v) is 12.5. The monoisotopic (exact) mass is 380 g/mol. The third-order valence-corrected chi connectivity index (χ3v) is 3.80. The molecule has 0 aliphatic rings. The minimum absolute atomic E-state index is 0.205. The largest absolute Gasteiger partial charge is 0.339 e. The highest BCUT2D eigenvalue weighted by molar-refractivity contribution is 14.1. The minimum atomic E-state index is -0.211. The Kier molecular flexibility index (Phi) is 4.33. The minimum Gasteiger partial charge on any atom is -0.339 e. The van der Waals surface area contributed by atoms with Crippen molar-refractivity contribution in [3.63, 3.8) is 0 Å². The average molecular weight is 381 g/mol. The fraction of sp³-hybridized carbons (Fsp3) is 0.400. The first kappa shape index (κ1) is 13.5. The fourth-order valence-electron chi connectivity index (χ4n) is 1.38. The fourth-order valence-corrected chi connectivity index (χ4v) is 1.95. The van der Waals surface area contributed by atoms with Crippen molar-refractivity contribution < 1.29 is 4.52 Å². The Labute approximate surface area is 122 Å². The molecular formula is C10H10ClIN4O2. The molecule has 0 amide bonds. The van der Waals surface area contributed by atoms with Crippen LogP contribution in [0.15, 0.2) is 15.6 Å². The van der Waals surface area contributed by atoms with Gasteiger partial charge in [-0.2, -0.15) is 4.98 Å². The molecule has 6 nitrogen and oxygen atoms in total. The molecule has 0 saturated carbocycles. The molecule has 0 aliphatic heterocycles. The Morgan fingerprint density at radius 2 is 2.33 bits per heavy atom. The topological polar surface area (TPSA) is 73.8 Å². The number of hydrogen-bond donors (Lipinski definition) is 0. The van der Waals surface area contributed by atoms with E-state index in [1.165, 1.54) is 10.9 Å². The highest BCUT2D eigenvalue weighted by Crippen LogP contribution is 2.10. The molecule has 0 bridgehead atoms. The van der Waals surface area contributed by atoms with Crippen LogP contribution in [0.4, 0.5) is 0 Å². The predicted octanol–water partition coefficient (Wildman–Crippen LogP) is 1.89. The van der Waals surface area contributed by atoms with Crippen LogP contribution in [-0.4, -0.2) is 19.7 Å². The Morgan fingerprint density at radius 1 is 1.56 bits per heavy atom. The van der Waals surface area contributed by atoms with E-state index in [9.17, 15) is 4.79 Å². The normalized spacial score (nSPS) is 10.8. The maximum Gasteiger partial charge on any atom is 0.268 e. The van der Waals surface area contributed by atoms with Crippen molar-refractivity contribution in [1.29, 1.82) is 0 Å². The zero-order valence-electron chi connectivity index (χ0n) is 9.56. The van der Waals surface area contributed by atoms with E-state index in [-0.39, 0.29) is 17.3 Å². The Morgan fingerprint density at radius 3 is 3.06 bits per heavy atom. The second-order valence-electron chi connectivity index (χ2n) is 3.64. The summed E-state index contributed by atoms with van der Waals surface area (Å²) in [5, 5.41) is 4.02. The van der Waals surface area contributed by atoms with Gasteiger partial charge in [0.2, 0.25) is 5.89 Å². The molecule has 0 unspecified atom stereocenters. The van der Waals surface area contributed by atoms with Crippen LogP contribution in [0, 0.1) is 3.57 Å². The standard InChI is InChI=1S/C10H10ClIN4O2/c1-2-3-7-14-6(15-18-7)4-16-5-13-9(11)8(12)10(16)17/h5H,2-4H2,1H3. The predicted molar refractivity (Wildman–Crippen MR) is 73.6 cm³/mol. The molecule has 0 aromatic carbocycles. The van der Waals surface area contributed by atoms with Crippen molar-refractivity contribution >= 4 is 34.2 Å². The van der Waals surface area contributed by atoms with Gasteiger partial charge >= 0.3 is 0 Å². The van der Waals surface area contributed by atoms with Gasteiger partial charge in [-0.25, -0.2) is 4.98 Å². The van der Waals surface area contributed by atoms with E-state index in [1.54, 1.807) is 0 Å². The van der Waals surface area contributed by atoms with Crippen LogP contribution < -0.4 is 5.56 Å². The molecule has 0 fully saturated rings. The van der Waals surface area contributed by atoms with Crippen LogP contribution in [0.25, 0.3) is 0 Å². The summed E-state index contributed by atoms with van der Waals surface area (Å²) in [4.78, 5) is 20.0. The number of halogens is 2. The van der Waals surface area contributed by atoms with Crippen molar-refractivity contribution in [3.05, 3.63) is 37.1 Å². The van der Waals surface area contributed by atoms with Gasteiger partial charge in [-0.3, -0.25) is 9.36 Å². The second kappa shape index (κ2) is 5.79. The van der Waals surface area contributed by atoms with Gasteiger partial charge in [-0.05, 0) is 29.0 Å². The molecule has 0 spiro atoms. The summed E-state index contributed by atoms with van der Waals surface area (Å²) < 4.78 is 6.83. The number of aryl methyl sites for hydroxylation is 1. The summed E-state index contributed by atoms with van der Waals surface area (Å²) in [5.41, 5.74) is -0.211. The van der Waals surface area contributed by atoms with Gasteiger partial charge in [0.15, 0.2) is 5.82 Å². The van der Waals surface area contributed by atoms with Crippen LogP contribution in [0.1, 0.15) is 25.1 Å². The molecule has 96 valence electrons. The molecule has 2 aromatic heterocycles. The van der Waals surface area contributed by atoms with Crippen LogP contribution in [0.5, 0.6) is 0 Å². The summed E-state index contributed by atoms with van der Waals surface area (Å²) >= 11 is 7.62. The van der Waals surface area contributed by atoms with Crippen molar-refractivity contribution in [2.75, 3.05) is 0 Å². The lowest BCUT2D eigenvalue weighted by Crippen LogP contribution is -2.24. The third-order valence-electron chi connectivity index (χ3n) is 2.23. The summed E-state index contributed by atoms with van der Waals surface area (Å²) in [6, 6.07) is 0. The van der Waals surface area contributed by atoms with Gasteiger partial charge < -0.3 is 4.52 Å². The molecule has 2 rings (SSSR count). The Bertz CT molecular complexity index is 610. The summed E-state index contributed by atoms with van der Waals surface area (Å²) in [7, 11) is 0. The SMILES string of the molecule is CCCc1nc(Cn2cnc(Cl)c(I)c2=O)no1. The van der Waals surface area contributed by atoms with E-state index in [2.05, 4.69) is 15.1 Å². The molecule has 8 heteroatoms. The number of rotatable bonds is 4. The molecule has 0 N–H and O–H groups in total. The first-order valence-electron chi connectivity index (χ1n) is 5.33. The number of hydrogen-bond acceptors (Lipinski definition) is 5. The zero-order chi connectivity index (χ0) is 13.1. The average Bonchev–Trinajstić information content (AvgIpc) is 2.78. The van der Waals surface area contributed by atoms with Crippen molar-refractivity contribution in [2.24, 2.45) is 0 Å². The van der Waals surface area contributed by atoms with Gasteiger partial charge in [-0.15, -0.1) is 0 Å². The van der Waals surface area contributed by atoms with Gasteiger partial charge in [0.05, 0.1) is 12.9 Å². The highest BCUT2D eigenvalue weighted by Gasteiger charge is 2.10. The maximum atomic E-state index is 11.9. The first-order chi connectivity index (χ1) is 8.61. The van der Waals surface area contributed by atoms with Crippen molar-refractivity contribution in [2.45, 2.75) is 26.3 Å². The van der Waals surface area contributed by atoms with Crippen molar-refractivity contribution in [1.82, 2.24) is 19.7 Å². The quantitative estimate of drug-likeness (QED) is 0.598. The van der Waals surface area contributed by atoms with E-state index < -0.39 is 0 Å².